The number of nitrogens with zero attached hydrogens (tertiary/aromatic N) is 1. The van der Waals surface area contributed by atoms with Gasteiger partial charge in [-0.05, 0) is 54.4 Å². The standard InChI is InChI=1S/C16H18BrNO2/c1-12-4-6-15(7-5-12)20-9-3-8-18-11-14(17)10-13(2)16(18)19/h4-7,10-11H,3,8-9H2,1-2H3. The molecule has 0 N–H and O–H groups in total. The van der Waals surface area contributed by atoms with Gasteiger partial charge in [-0.2, -0.15) is 0 Å². The van der Waals surface area contributed by atoms with Crippen LogP contribution in [0.25, 0.3) is 0 Å². The molecule has 4 heteroatoms. The molecular formula is C16H18BrNO2. The molecule has 0 saturated heterocycles. The van der Waals surface area contributed by atoms with Crippen molar-refractivity contribution in [3.05, 3.63) is 62.5 Å². The van der Waals surface area contributed by atoms with Crippen molar-refractivity contribution in [2.45, 2.75) is 26.8 Å². The lowest BCUT2D eigenvalue weighted by atomic mass is 10.2. The molecule has 1 aromatic heterocycles. The summed E-state index contributed by atoms with van der Waals surface area (Å²) in [6.07, 6.45) is 2.62. The molecule has 2 rings (SSSR count). The second-order valence-electron chi connectivity index (χ2n) is 4.85. The normalized spacial score (nSPS) is 10.6. The summed E-state index contributed by atoms with van der Waals surface area (Å²) in [6, 6.07) is 9.81. The van der Waals surface area contributed by atoms with E-state index in [9.17, 15) is 4.79 Å². The third kappa shape index (κ3) is 3.97. The van der Waals surface area contributed by atoms with Crippen LogP contribution in [0.5, 0.6) is 5.75 Å². The maximum atomic E-state index is 11.9. The van der Waals surface area contributed by atoms with Gasteiger partial charge in [-0.25, -0.2) is 0 Å². The van der Waals surface area contributed by atoms with Gasteiger partial charge in [0.2, 0.25) is 0 Å². The number of halogens is 1. The van der Waals surface area contributed by atoms with Gasteiger partial charge < -0.3 is 9.30 Å². The fraction of sp³-hybridized carbons (Fsp3) is 0.312. The van der Waals surface area contributed by atoms with Crippen molar-refractivity contribution in [3.8, 4) is 5.75 Å². The molecule has 1 aromatic carbocycles. The lowest BCUT2D eigenvalue weighted by Crippen LogP contribution is -2.22. The largest absolute Gasteiger partial charge is 0.494 e. The zero-order chi connectivity index (χ0) is 14.5. The fourth-order valence-electron chi connectivity index (χ4n) is 1.97. The Kier molecular flexibility index (Phi) is 5.01. The van der Waals surface area contributed by atoms with Gasteiger partial charge in [0.1, 0.15) is 5.75 Å². The van der Waals surface area contributed by atoms with Gasteiger partial charge in [0.25, 0.3) is 5.56 Å². The molecule has 0 saturated carbocycles. The summed E-state index contributed by atoms with van der Waals surface area (Å²) < 4.78 is 8.30. The van der Waals surface area contributed by atoms with E-state index in [4.69, 9.17) is 4.74 Å². The van der Waals surface area contributed by atoms with Gasteiger partial charge in [-0.1, -0.05) is 17.7 Å². The molecule has 0 radical (unpaired) electrons. The van der Waals surface area contributed by atoms with Gasteiger partial charge >= 0.3 is 0 Å². The molecule has 0 atom stereocenters. The summed E-state index contributed by atoms with van der Waals surface area (Å²) in [5.74, 6) is 0.869. The lowest BCUT2D eigenvalue weighted by molar-refractivity contribution is 0.301. The van der Waals surface area contributed by atoms with Crippen LogP contribution in [-0.2, 0) is 6.54 Å². The van der Waals surface area contributed by atoms with E-state index >= 15 is 0 Å². The summed E-state index contributed by atoms with van der Waals surface area (Å²) in [7, 11) is 0. The highest BCUT2D eigenvalue weighted by Gasteiger charge is 2.02. The maximum absolute atomic E-state index is 11.9. The average Bonchev–Trinajstić information content (AvgIpc) is 2.42. The highest BCUT2D eigenvalue weighted by Crippen LogP contribution is 2.12. The second kappa shape index (κ2) is 6.75. The molecule has 0 unspecified atom stereocenters. The molecule has 0 spiro atoms. The summed E-state index contributed by atoms with van der Waals surface area (Å²) in [4.78, 5) is 11.9. The highest BCUT2D eigenvalue weighted by molar-refractivity contribution is 9.10. The van der Waals surface area contributed by atoms with Crippen LogP contribution in [0.4, 0.5) is 0 Å². The van der Waals surface area contributed by atoms with Crippen LogP contribution in [0.15, 0.2) is 45.8 Å². The van der Waals surface area contributed by atoms with E-state index in [1.54, 1.807) is 4.57 Å². The van der Waals surface area contributed by atoms with Crippen LogP contribution in [0.1, 0.15) is 17.5 Å². The molecule has 20 heavy (non-hydrogen) atoms. The van der Waals surface area contributed by atoms with Crippen LogP contribution < -0.4 is 10.3 Å². The van der Waals surface area contributed by atoms with E-state index in [0.29, 0.717) is 13.2 Å². The Labute approximate surface area is 127 Å². The van der Waals surface area contributed by atoms with Crippen LogP contribution >= 0.6 is 15.9 Å². The van der Waals surface area contributed by atoms with Gasteiger partial charge in [-0.15, -0.1) is 0 Å². The molecule has 0 aliphatic heterocycles. The molecular weight excluding hydrogens is 318 g/mol. The number of rotatable bonds is 5. The topological polar surface area (TPSA) is 31.2 Å². The minimum atomic E-state index is 0.0588. The minimum absolute atomic E-state index is 0.0588. The first-order valence-electron chi connectivity index (χ1n) is 6.62. The monoisotopic (exact) mass is 335 g/mol. The minimum Gasteiger partial charge on any atom is -0.494 e. The molecule has 0 amide bonds. The van der Waals surface area contributed by atoms with Crippen LogP contribution in [0.3, 0.4) is 0 Å². The number of benzene rings is 1. The van der Waals surface area contributed by atoms with E-state index in [1.807, 2.05) is 50.4 Å². The van der Waals surface area contributed by atoms with E-state index < -0.39 is 0 Å². The van der Waals surface area contributed by atoms with Crippen molar-refractivity contribution < 1.29 is 4.74 Å². The molecule has 0 aliphatic carbocycles. The molecule has 0 fully saturated rings. The number of aromatic nitrogens is 1. The van der Waals surface area contributed by atoms with Crippen molar-refractivity contribution in [1.82, 2.24) is 4.57 Å². The zero-order valence-corrected chi connectivity index (χ0v) is 13.3. The quantitative estimate of drug-likeness (QED) is 0.780. The zero-order valence-electron chi connectivity index (χ0n) is 11.7. The van der Waals surface area contributed by atoms with Crippen molar-refractivity contribution >= 4 is 15.9 Å². The highest BCUT2D eigenvalue weighted by atomic mass is 79.9. The Hall–Kier alpha value is -1.55. The Morgan fingerprint density at radius 3 is 2.60 bits per heavy atom. The predicted octanol–water partition coefficient (Wildman–Crippen LogP) is 3.70. The Morgan fingerprint density at radius 1 is 1.20 bits per heavy atom. The van der Waals surface area contributed by atoms with Crippen LogP contribution in [0, 0.1) is 13.8 Å². The van der Waals surface area contributed by atoms with Crippen LogP contribution in [0.2, 0.25) is 0 Å². The Morgan fingerprint density at radius 2 is 1.90 bits per heavy atom. The van der Waals surface area contributed by atoms with Gasteiger partial charge in [0, 0.05) is 22.8 Å². The Balaban J connectivity index is 1.87. The molecule has 106 valence electrons. The van der Waals surface area contributed by atoms with Gasteiger partial charge in [-0.3, -0.25) is 4.79 Å². The second-order valence-corrected chi connectivity index (χ2v) is 5.77. The first kappa shape index (κ1) is 14.9. The van der Waals surface area contributed by atoms with Crippen molar-refractivity contribution in [2.24, 2.45) is 0 Å². The van der Waals surface area contributed by atoms with Crippen molar-refractivity contribution in [1.29, 1.82) is 0 Å². The molecule has 2 aromatic rings. The van der Waals surface area contributed by atoms with E-state index in [1.165, 1.54) is 5.56 Å². The molecule has 0 aliphatic rings. The lowest BCUT2D eigenvalue weighted by Gasteiger charge is -2.09. The Bertz CT molecular complexity index is 632. The summed E-state index contributed by atoms with van der Waals surface area (Å²) in [5.41, 5.74) is 2.02. The first-order valence-corrected chi connectivity index (χ1v) is 7.41. The number of aryl methyl sites for hydroxylation is 3. The number of hydrogen-bond acceptors (Lipinski definition) is 2. The predicted molar refractivity (Wildman–Crippen MR) is 84.4 cm³/mol. The van der Waals surface area contributed by atoms with E-state index in [-0.39, 0.29) is 5.56 Å². The summed E-state index contributed by atoms with van der Waals surface area (Å²) >= 11 is 3.41. The molecule has 0 bridgehead atoms. The molecule has 1 heterocycles. The molecule has 3 nitrogen and oxygen atoms in total. The SMILES string of the molecule is Cc1ccc(OCCCn2cc(Br)cc(C)c2=O)cc1. The number of hydrogen-bond donors (Lipinski definition) is 0. The van der Waals surface area contributed by atoms with Crippen molar-refractivity contribution in [2.75, 3.05) is 6.61 Å². The average molecular weight is 336 g/mol. The number of ether oxygens (including phenoxy) is 1. The third-order valence-electron chi connectivity index (χ3n) is 3.06. The fourth-order valence-corrected chi connectivity index (χ4v) is 2.56. The summed E-state index contributed by atoms with van der Waals surface area (Å²) in [6.45, 7) is 5.13. The van der Waals surface area contributed by atoms with Crippen LogP contribution in [-0.4, -0.2) is 11.2 Å². The maximum Gasteiger partial charge on any atom is 0.253 e. The van der Waals surface area contributed by atoms with Gasteiger partial charge in [0.05, 0.1) is 6.61 Å². The number of pyridine rings is 1. The first-order chi connectivity index (χ1) is 9.56. The summed E-state index contributed by atoms with van der Waals surface area (Å²) in [5, 5.41) is 0. The third-order valence-corrected chi connectivity index (χ3v) is 3.50. The van der Waals surface area contributed by atoms with E-state index in [0.717, 1.165) is 22.2 Å². The smallest absolute Gasteiger partial charge is 0.253 e. The van der Waals surface area contributed by atoms with Gasteiger partial charge in [0.15, 0.2) is 0 Å². The van der Waals surface area contributed by atoms with Crippen molar-refractivity contribution in [3.63, 3.8) is 0 Å². The van der Waals surface area contributed by atoms with E-state index in [2.05, 4.69) is 15.9 Å².